The highest BCUT2D eigenvalue weighted by atomic mass is 16.5. The summed E-state index contributed by atoms with van der Waals surface area (Å²) >= 11 is 0. The first kappa shape index (κ1) is 34.2. The Bertz CT molecular complexity index is 1460. The molecule has 0 aromatic heterocycles. The highest BCUT2D eigenvalue weighted by molar-refractivity contribution is 6.07. The number of fused-ring (bicyclic) bond motifs is 7. The van der Waals surface area contributed by atoms with Gasteiger partial charge >= 0.3 is 5.97 Å². The number of esters is 1. The Labute approximate surface area is 283 Å². The van der Waals surface area contributed by atoms with E-state index in [1.165, 1.54) is 5.57 Å². The summed E-state index contributed by atoms with van der Waals surface area (Å²) in [6, 6.07) is 8.02. The fraction of sp³-hybridized carbons (Fsp3) is 0.732. The maximum Gasteiger partial charge on any atom is 0.302 e. The average Bonchev–Trinajstić information content (AvgIpc) is 3.32. The molecule has 1 aromatic rings. The van der Waals surface area contributed by atoms with Crippen LogP contribution in [0.15, 0.2) is 35.4 Å². The van der Waals surface area contributed by atoms with Gasteiger partial charge in [0, 0.05) is 25.3 Å². The molecule has 1 amide bonds. The standard InChI is InChI=1S/C41H59NO5/c1-25(2)34-30(44)24-41(36(45)42-23-18-27-10-12-28(46-9)13-11-27)22-21-39(7)29(35(34)41)14-15-32-38(6)19-17-33(47-26(3)43)37(4,5)31(38)16-20-40(32,39)8/h10-13,25,29,31-33H,14-24H2,1-9H3,(H,42,45)/t29-,31+,32-,33+,38+,39-,40-,41-/m1/s1. The van der Waals surface area contributed by atoms with E-state index in [9.17, 15) is 14.4 Å². The third-order valence-corrected chi connectivity index (χ3v) is 15.0. The molecule has 258 valence electrons. The molecular formula is C41H59NO5. The highest BCUT2D eigenvalue weighted by Gasteiger charge is 2.71. The largest absolute Gasteiger partial charge is 0.497 e. The predicted octanol–water partition coefficient (Wildman–Crippen LogP) is 8.27. The molecule has 0 unspecified atom stereocenters. The lowest BCUT2D eigenvalue weighted by molar-refractivity contribution is -0.232. The van der Waals surface area contributed by atoms with Crippen LogP contribution in [0.2, 0.25) is 0 Å². The number of hydrogen-bond donors (Lipinski definition) is 1. The van der Waals surface area contributed by atoms with Gasteiger partial charge in [0.25, 0.3) is 0 Å². The zero-order chi connectivity index (χ0) is 34.2. The van der Waals surface area contributed by atoms with Crippen LogP contribution in [0.5, 0.6) is 5.75 Å². The van der Waals surface area contributed by atoms with Crippen LogP contribution in [0.3, 0.4) is 0 Å². The molecule has 0 spiro atoms. The van der Waals surface area contributed by atoms with Gasteiger partial charge in [-0.25, -0.2) is 0 Å². The summed E-state index contributed by atoms with van der Waals surface area (Å²) in [4.78, 5) is 40.4. The highest BCUT2D eigenvalue weighted by Crippen LogP contribution is 2.76. The zero-order valence-corrected chi connectivity index (χ0v) is 30.5. The molecule has 5 aliphatic carbocycles. The molecule has 0 saturated heterocycles. The van der Waals surface area contributed by atoms with Gasteiger partial charge in [0.2, 0.25) is 5.91 Å². The smallest absolute Gasteiger partial charge is 0.302 e. The van der Waals surface area contributed by atoms with E-state index in [-0.39, 0.29) is 57.3 Å². The minimum atomic E-state index is -0.727. The van der Waals surface area contributed by atoms with Crippen molar-refractivity contribution in [3.8, 4) is 5.75 Å². The van der Waals surface area contributed by atoms with Gasteiger partial charge in [0.15, 0.2) is 5.78 Å². The monoisotopic (exact) mass is 645 g/mol. The summed E-state index contributed by atoms with van der Waals surface area (Å²) in [6.07, 6.45) is 9.17. The van der Waals surface area contributed by atoms with E-state index in [2.05, 4.69) is 65.9 Å². The summed E-state index contributed by atoms with van der Waals surface area (Å²) in [5, 5.41) is 3.32. The fourth-order valence-electron chi connectivity index (χ4n) is 12.6. The number of carbonyl (C=O) groups excluding carboxylic acids is 3. The summed E-state index contributed by atoms with van der Waals surface area (Å²) < 4.78 is 11.2. The minimum Gasteiger partial charge on any atom is -0.497 e. The molecule has 4 saturated carbocycles. The summed E-state index contributed by atoms with van der Waals surface area (Å²) in [5.74, 6) is 2.29. The fourth-order valence-corrected chi connectivity index (χ4v) is 12.6. The van der Waals surface area contributed by atoms with Crippen molar-refractivity contribution in [1.82, 2.24) is 5.32 Å². The van der Waals surface area contributed by atoms with Crippen LogP contribution in [-0.2, 0) is 25.5 Å². The lowest BCUT2D eigenvalue weighted by atomic mass is 9.33. The van der Waals surface area contributed by atoms with E-state index in [0.717, 1.165) is 74.7 Å². The van der Waals surface area contributed by atoms with Crippen LogP contribution in [0.4, 0.5) is 0 Å². The van der Waals surface area contributed by atoms with Crippen molar-refractivity contribution in [2.24, 2.45) is 50.7 Å². The van der Waals surface area contributed by atoms with Gasteiger partial charge in [-0.2, -0.15) is 0 Å². The second-order valence-electron chi connectivity index (χ2n) is 17.6. The molecule has 6 heteroatoms. The number of methoxy groups -OCH3 is 1. The van der Waals surface area contributed by atoms with Crippen LogP contribution in [-0.4, -0.2) is 37.4 Å². The molecule has 5 aliphatic rings. The minimum absolute atomic E-state index is 0.00768. The number of allylic oxidation sites excluding steroid dienone is 1. The molecule has 1 aromatic carbocycles. The molecule has 1 N–H and O–H groups in total. The first-order chi connectivity index (χ1) is 22.0. The summed E-state index contributed by atoms with van der Waals surface area (Å²) in [6.45, 7) is 18.7. The molecule has 0 bridgehead atoms. The molecule has 6 nitrogen and oxygen atoms in total. The average molecular weight is 646 g/mol. The molecule has 8 atom stereocenters. The van der Waals surface area contributed by atoms with Crippen molar-refractivity contribution >= 4 is 17.7 Å². The molecule has 47 heavy (non-hydrogen) atoms. The molecule has 6 rings (SSSR count). The van der Waals surface area contributed by atoms with Gasteiger partial charge in [-0.15, -0.1) is 0 Å². The number of hydrogen-bond acceptors (Lipinski definition) is 5. The van der Waals surface area contributed by atoms with E-state index < -0.39 is 5.41 Å². The second kappa shape index (κ2) is 11.8. The van der Waals surface area contributed by atoms with Gasteiger partial charge in [-0.05, 0) is 127 Å². The number of ether oxygens (including phenoxy) is 2. The van der Waals surface area contributed by atoms with Crippen molar-refractivity contribution in [2.75, 3.05) is 13.7 Å². The molecule has 0 radical (unpaired) electrons. The van der Waals surface area contributed by atoms with E-state index in [4.69, 9.17) is 9.47 Å². The van der Waals surface area contributed by atoms with E-state index in [0.29, 0.717) is 24.8 Å². The Kier molecular flexibility index (Phi) is 8.57. The van der Waals surface area contributed by atoms with Crippen molar-refractivity contribution in [3.63, 3.8) is 0 Å². The third kappa shape index (κ3) is 5.04. The van der Waals surface area contributed by atoms with Crippen LogP contribution < -0.4 is 10.1 Å². The number of Topliss-reactive ketones (excluding diaryl/α,β-unsaturated/α-hetero) is 1. The first-order valence-corrected chi connectivity index (χ1v) is 18.4. The summed E-state index contributed by atoms with van der Waals surface area (Å²) in [5.41, 5.74) is 2.78. The number of amides is 1. The lowest BCUT2D eigenvalue weighted by Gasteiger charge is -2.72. The Hall–Kier alpha value is -2.63. The van der Waals surface area contributed by atoms with Gasteiger partial charge in [-0.3, -0.25) is 14.4 Å². The number of carbonyl (C=O) groups is 3. The normalized spacial score (nSPS) is 39.0. The maximum atomic E-state index is 14.4. The lowest BCUT2D eigenvalue weighted by Crippen LogP contribution is -2.66. The second-order valence-corrected chi connectivity index (χ2v) is 17.6. The Morgan fingerprint density at radius 3 is 2.23 bits per heavy atom. The Morgan fingerprint density at radius 1 is 0.894 bits per heavy atom. The number of benzene rings is 1. The van der Waals surface area contributed by atoms with Crippen LogP contribution in [0.25, 0.3) is 0 Å². The van der Waals surface area contributed by atoms with Gasteiger partial charge in [0.1, 0.15) is 11.9 Å². The number of nitrogens with one attached hydrogen (secondary N) is 1. The third-order valence-electron chi connectivity index (χ3n) is 15.0. The van der Waals surface area contributed by atoms with Crippen LogP contribution >= 0.6 is 0 Å². The summed E-state index contributed by atoms with van der Waals surface area (Å²) in [7, 11) is 1.67. The zero-order valence-electron chi connectivity index (χ0n) is 30.5. The number of rotatable bonds is 7. The molecular weight excluding hydrogens is 586 g/mol. The first-order valence-electron chi connectivity index (χ1n) is 18.4. The molecule has 0 heterocycles. The maximum absolute atomic E-state index is 14.4. The van der Waals surface area contributed by atoms with Gasteiger partial charge in [0.05, 0.1) is 12.5 Å². The topological polar surface area (TPSA) is 81.7 Å². The van der Waals surface area contributed by atoms with E-state index in [1.54, 1.807) is 14.0 Å². The van der Waals surface area contributed by atoms with Crippen molar-refractivity contribution in [2.45, 2.75) is 126 Å². The molecule has 4 fully saturated rings. The number of ketones is 1. The van der Waals surface area contributed by atoms with E-state index >= 15 is 0 Å². The van der Waals surface area contributed by atoms with Gasteiger partial charge in [-0.1, -0.05) is 60.6 Å². The SMILES string of the molecule is COc1ccc(CCNC(=O)[C@@]23CC[C@]4(C)[C@H](CC[C@@H]5[C@@]6(C)CC[C@H](OC(C)=O)C(C)(C)[C@@H]6CC[C@]54C)C2=C(C(C)C)C(=O)C3)cc1. The van der Waals surface area contributed by atoms with E-state index in [1.807, 2.05) is 12.1 Å². The molecule has 0 aliphatic heterocycles. The van der Waals surface area contributed by atoms with Crippen molar-refractivity contribution in [1.29, 1.82) is 0 Å². The van der Waals surface area contributed by atoms with Crippen molar-refractivity contribution < 1.29 is 23.9 Å². The van der Waals surface area contributed by atoms with Crippen LogP contribution in [0.1, 0.15) is 119 Å². The van der Waals surface area contributed by atoms with Gasteiger partial charge < -0.3 is 14.8 Å². The Balaban J connectivity index is 1.30. The van der Waals surface area contributed by atoms with Crippen LogP contribution in [0, 0.1) is 50.7 Å². The quantitative estimate of drug-likeness (QED) is 0.302. The Morgan fingerprint density at radius 2 is 1.60 bits per heavy atom. The van der Waals surface area contributed by atoms with Crippen molar-refractivity contribution in [3.05, 3.63) is 41.0 Å². The predicted molar refractivity (Wildman–Crippen MR) is 185 cm³/mol.